The van der Waals surface area contributed by atoms with Gasteiger partial charge in [0, 0.05) is 23.7 Å². The summed E-state index contributed by atoms with van der Waals surface area (Å²) in [5.74, 6) is -10.7. The van der Waals surface area contributed by atoms with E-state index in [-0.39, 0.29) is 35.6 Å². The van der Waals surface area contributed by atoms with Crippen molar-refractivity contribution >= 4 is 29.8 Å². The molecule has 522 valence electrons. The second kappa shape index (κ2) is 25.9. The summed E-state index contributed by atoms with van der Waals surface area (Å²) in [4.78, 5) is 55.9. The number of cyclic esters (lactones) is 1. The van der Waals surface area contributed by atoms with E-state index in [9.17, 15) is 131 Å². The van der Waals surface area contributed by atoms with E-state index in [0.29, 0.717) is 69.3 Å². The van der Waals surface area contributed by atoms with E-state index in [1.54, 1.807) is 6.92 Å². The van der Waals surface area contributed by atoms with Crippen molar-refractivity contribution < 1.29 is 156 Å². The second-order valence-corrected chi connectivity index (χ2v) is 26.0. The van der Waals surface area contributed by atoms with Gasteiger partial charge in [-0.3, -0.25) is 9.59 Å². The number of aliphatic hydroxyl groups is 3. The van der Waals surface area contributed by atoms with E-state index in [1.807, 2.05) is 0 Å². The van der Waals surface area contributed by atoms with Gasteiger partial charge in [0.1, 0.15) is 34.0 Å². The van der Waals surface area contributed by atoms with Crippen LogP contribution in [0.2, 0.25) is 0 Å². The van der Waals surface area contributed by atoms with Crippen molar-refractivity contribution in [2.75, 3.05) is 6.61 Å². The van der Waals surface area contributed by atoms with E-state index in [2.05, 4.69) is 48.8 Å². The van der Waals surface area contributed by atoms with E-state index in [0.717, 1.165) is 38.0 Å². The first-order valence-electron chi connectivity index (χ1n) is 28.7. The molecular formula is C58H65F21O13. The number of carbonyl (C=O) groups is 5. The summed E-state index contributed by atoms with van der Waals surface area (Å²) >= 11 is 0. The molecule has 11 rings (SSSR count). The summed E-state index contributed by atoms with van der Waals surface area (Å²) in [6.45, 7) is 9.98. The van der Waals surface area contributed by atoms with Gasteiger partial charge in [-0.15, -0.1) is 0 Å². The number of hydrogen-bond acceptors (Lipinski definition) is 12. The molecular weight excluding hydrogens is 1300 g/mol. The fraction of sp³-hybridized carbons (Fsp3) is 0.741. The molecule has 9 fully saturated rings. The zero-order chi connectivity index (χ0) is 70.0. The van der Waals surface area contributed by atoms with Gasteiger partial charge in [-0.1, -0.05) is 44.0 Å². The maximum absolute atomic E-state index is 13.2. The average Bonchev–Trinajstić information content (AvgIpc) is 1.25. The van der Waals surface area contributed by atoms with Gasteiger partial charge in [-0.2, -0.15) is 92.2 Å². The lowest BCUT2D eigenvalue weighted by molar-refractivity contribution is -0.405. The molecule has 0 aromatic rings. The van der Waals surface area contributed by atoms with Crippen LogP contribution in [0.5, 0.6) is 0 Å². The largest absolute Gasteiger partial charge is 0.481 e. The molecule has 8 saturated carbocycles. The van der Waals surface area contributed by atoms with Crippen LogP contribution in [0.4, 0.5) is 92.2 Å². The maximum Gasteiger partial charge on any atom is 0.426 e. The molecule has 10 aliphatic carbocycles. The first-order valence-corrected chi connectivity index (χ1v) is 28.7. The Bertz CT molecular complexity index is 2770. The first-order chi connectivity index (χ1) is 41.5. The molecule has 1 saturated heterocycles. The minimum absolute atomic E-state index is 0.0101. The first kappa shape index (κ1) is 75.5. The van der Waals surface area contributed by atoms with Gasteiger partial charge in [0.2, 0.25) is 0 Å². The van der Waals surface area contributed by atoms with Crippen molar-refractivity contribution in [1.29, 1.82) is 0 Å². The molecule has 0 aromatic heterocycles. The van der Waals surface area contributed by atoms with Crippen LogP contribution in [0.15, 0.2) is 60.8 Å². The quantitative estimate of drug-likeness (QED) is 0.0559. The van der Waals surface area contributed by atoms with Crippen molar-refractivity contribution in [1.82, 2.24) is 0 Å². The highest BCUT2D eigenvalue weighted by molar-refractivity contribution is 5.90. The van der Waals surface area contributed by atoms with Crippen LogP contribution in [0.3, 0.4) is 0 Å². The van der Waals surface area contributed by atoms with Crippen molar-refractivity contribution in [3.05, 3.63) is 60.8 Å². The van der Waals surface area contributed by atoms with Crippen molar-refractivity contribution in [2.45, 2.75) is 200 Å². The molecule has 4 N–H and O–H groups in total. The van der Waals surface area contributed by atoms with E-state index < -0.39 is 149 Å². The zero-order valence-electron chi connectivity index (χ0n) is 48.5. The highest BCUT2D eigenvalue weighted by Gasteiger charge is 2.79. The molecule has 1 heterocycles. The minimum atomic E-state index is -6.78. The smallest absolute Gasteiger partial charge is 0.426 e. The molecule has 92 heavy (non-hydrogen) atoms. The van der Waals surface area contributed by atoms with E-state index in [4.69, 9.17) is 19.3 Å². The number of carboxylic acid groups (broad SMARTS) is 1. The summed E-state index contributed by atoms with van der Waals surface area (Å²) in [5, 5.41) is 38.1. The lowest BCUT2D eigenvalue weighted by Crippen LogP contribution is -2.67. The molecule has 11 aliphatic rings. The molecule has 34 heteroatoms. The van der Waals surface area contributed by atoms with Gasteiger partial charge in [0.15, 0.2) is 0 Å². The Morgan fingerprint density at radius 2 is 1.00 bits per heavy atom. The summed E-state index contributed by atoms with van der Waals surface area (Å²) in [7, 11) is 0. The van der Waals surface area contributed by atoms with Gasteiger partial charge in [-0.05, 0) is 145 Å². The van der Waals surface area contributed by atoms with Crippen LogP contribution in [-0.2, 0) is 42.9 Å². The summed E-state index contributed by atoms with van der Waals surface area (Å²) in [5.41, 5.74) is -19.7. The van der Waals surface area contributed by atoms with Crippen LogP contribution in [0, 0.1) is 58.7 Å². The summed E-state index contributed by atoms with van der Waals surface area (Å²) < 4.78 is 289. The minimum Gasteiger partial charge on any atom is -0.481 e. The Balaban J connectivity index is 0.000000197. The summed E-state index contributed by atoms with van der Waals surface area (Å²) in [6.07, 6.45) is -31.0. The Morgan fingerprint density at radius 1 is 0.554 bits per heavy atom. The fourth-order valence-corrected chi connectivity index (χ4v) is 15.0. The molecule has 1 spiro atoms. The Hall–Kier alpha value is -5.54. The lowest BCUT2D eigenvalue weighted by Gasteiger charge is -2.59. The van der Waals surface area contributed by atoms with Gasteiger partial charge in [0.05, 0.1) is 24.5 Å². The normalized spacial score (nSPS) is 32.6. The highest BCUT2D eigenvalue weighted by atomic mass is 19.4. The lowest BCUT2D eigenvalue weighted by atomic mass is 9.52. The molecule has 8 bridgehead atoms. The molecule has 0 amide bonds. The summed E-state index contributed by atoms with van der Waals surface area (Å²) in [6, 6.07) is 0. The highest BCUT2D eigenvalue weighted by Crippen LogP contribution is 2.61. The molecule has 13 nitrogen and oxygen atoms in total. The van der Waals surface area contributed by atoms with Crippen LogP contribution in [0.1, 0.15) is 122 Å². The number of ether oxygens (including phenoxy) is 4. The number of fused-ring (bicyclic) bond motifs is 5. The number of hydrogen-bond donors (Lipinski definition) is 4. The number of alkyl halides is 21. The molecule has 10 unspecified atom stereocenters. The van der Waals surface area contributed by atoms with Crippen LogP contribution >= 0.6 is 0 Å². The van der Waals surface area contributed by atoms with Gasteiger partial charge in [-0.25, -0.2) is 14.4 Å². The predicted molar refractivity (Wildman–Crippen MR) is 272 cm³/mol. The van der Waals surface area contributed by atoms with Crippen molar-refractivity contribution in [3.63, 3.8) is 0 Å². The molecule has 10 atom stereocenters. The van der Waals surface area contributed by atoms with Crippen LogP contribution in [-0.4, -0.2) is 134 Å². The third-order valence-corrected chi connectivity index (χ3v) is 19.1. The monoisotopic (exact) mass is 1370 g/mol. The van der Waals surface area contributed by atoms with Crippen LogP contribution < -0.4 is 0 Å². The van der Waals surface area contributed by atoms with E-state index >= 15 is 0 Å². The molecule has 0 aromatic carbocycles. The van der Waals surface area contributed by atoms with Gasteiger partial charge < -0.3 is 39.4 Å². The van der Waals surface area contributed by atoms with Crippen molar-refractivity contribution in [2.24, 2.45) is 58.7 Å². The Labute approximate surface area is 510 Å². The third kappa shape index (κ3) is 16.4. The topological polar surface area (TPSA) is 203 Å². The molecule has 1 aliphatic heterocycles. The van der Waals surface area contributed by atoms with Crippen molar-refractivity contribution in [3.8, 4) is 0 Å². The number of carbonyl (C=O) groups excluding carboxylic acids is 4. The third-order valence-electron chi connectivity index (χ3n) is 19.1. The second-order valence-electron chi connectivity index (χ2n) is 26.0. The number of esters is 4. The number of rotatable bonds is 9. The van der Waals surface area contributed by atoms with Crippen LogP contribution in [0.25, 0.3) is 0 Å². The molecule has 0 radical (unpaired) electrons. The average molecular weight is 1370 g/mol. The van der Waals surface area contributed by atoms with Gasteiger partial charge >= 0.3 is 73.1 Å². The Kier molecular flexibility index (Phi) is 21.2. The number of carboxylic acids is 1. The standard InChI is InChI=1S/C16H13F15O4.C14H17F3O3.C10H13F3O2.C10H12O2.C8H10O2/c1-5(12(17,18)19)9(32)35-8-3-6(10(33,13(20,21)22)14(23,24)25)2-7(4-8)11(34,15(26,27)28)16(29,30)31;1-8(14(15,16)17)11(18)20-13-5-9-2-10(6-13)4-12(19,3-9)7-13;1-7(10(11,12)13)8(14)15-9(2)5-3-4-6-9;11-9-5-10(6-12-9)4-7-1-2-8(10)3-7;9-8(10)7-4-5-1-2-6(7)3-5/h6-8,33-34H,1-4H2;9-10,19H,1-7H2;1,3-6H2,2H3;1-2,7-8H,3-6H2;1-2,5-7H,3-4H2,(H,9,10). The fourth-order valence-electron chi connectivity index (χ4n) is 15.0. The zero-order valence-corrected chi connectivity index (χ0v) is 48.5. The number of allylic oxidation sites excluding steroid dienone is 4. The van der Waals surface area contributed by atoms with Gasteiger partial charge in [0.25, 0.3) is 11.2 Å². The van der Waals surface area contributed by atoms with E-state index in [1.165, 1.54) is 12.8 Å². The SMILES string of the molecule is C=C(C(=O)OC1(C)CCCC1)C(F)(F)F.C=C(C(=O)OC12CC3CC(CC(O)(C3)C1)C2)C(F)(F)F.C=C(C(=O)OC1CC(C(O)(C(F)(F)F)C(F)(F)F)CC(C(O)(C(F)(F)F)C(F)(F)F)C1)C(F)(F)F.O=C(O)C1CC2C=CC1C2.O=C1CC2(CO1)CC1C=CC2C1. The number of aliphatic carboxylic acids is 1. The maximum atomic E-state index is 13.2. The predicted octanol–water partition coefficient (Wildman–Crippen LogP) is 13.7. The number of halogens is 21. The Morgan fingerprint density at radius 3 is 1.34 bits per heavy atom.